The van der Waals surface area contributed by atoms with E-state index in [1.54, 1.807) is 0 Å². The lowest BCUT2D eigenvalue weighted by atomic mass is 9.75. The van der Waals surface area contributed by atoms with E-state index in [1.165, 1.54) is 44.5 Å². The van der Waals surface area contributed by atoms with E-state index in [-0.39, 0.29) is 43.3 Å². The first-order valence-electron chi connectivity index (χ1n) is 31.9. The Bertz CT molecular complexity index is 3980. The van der Waals surface area contributed by atoms with E-state index in [9.17, 15) is 0 Å². The minimum atomic E-state index is -0.0442. The normalized spacial score (nSPS) is 12.1. The van der Waals surface area contributed by atoms with E-state index < -0.39 is 0 Å². The van der Waals surface area contributed by atoms with Gasteiger partial charge < -0.3 is 0 Å². The summed E-state index contributed by atoms with van der Waals surface area (Å²) in [7, 11) is 0. The Hall–Kier alpha value is -8.76. The van der Waals surface area contributed by atoms with Crippen LogP contribution in [0.1, 0.15) is 278 Å². The summed E-state index contributed by atoms with van der Waals surface area (Å²) in [5.74, 6) is 41.6. The minimum Gasteiger partial charge on any atom is -0.220 e. The van der Waals surface area contributed by atoms with Gasteiger partial charge in [0, 0.05) is 61.0 Å². The maximum atomic E-state index is 4.98. The molecule has 0 atom stereocenters. The smallest absolute Gasteiger partial charge is 0.161 e. The molecule has 90 heavy (non-hydrogen) atoms. The fourth-order valence-electron chi connectivity index (χ4n) is 11.3. The van der Waals surface area contributed by atoms with E-state index in [4.69, 9.17) is 9.97 Å². The van der Waals surface area contributed by atoms with Crippen LogP contribution in [0.5, 0.6) is 0 Å². The first-order chi connectivity index (χ1) is 41.6. The van der Waals surface area contributed by atoms with Gasteiger partial charge in [-0.05, 0) is 209 Å². The maximum absolute atomic E-state index is 4.98. The molecule has 0 spiro atoms. The highest BCUT2D eigenvalue weighted by atomic mass is 14.9. The highest BCUT2D eigenvalue weighted by molar-refractivity contribution is 5.76. The third-order valence-electron chi connectivity index (χ3n) is 16.0. The summed E-state index contributed by atoms with van der Waals surface area (Å²) >= 11 is 0. The van der Waals surface area contributed by atoms with Crippen LogP contribution in [0.3, 0.4) is 0 Å². The Kier molecular flexibility index (Phi) is 18.9. The molecule has 2 aromatic heterocycles. The molecule has 2 heteroatoms. The van der Waals surface area contributed by atoms with Gasteiger partial charge in [-0.3, -0.25) is 0 Å². The predicted octanol–water partition coefficient (Wildman–Crippen LogP) is 20.4. The van der Waals surface area contributed by atoms with Crippen LogP contribution in [-0.4, -0.2) is 9.97 Å². The average molecular weight is 1180 g/mol. The number of aromatic nitrogens is 2. The van der Waals surface area contributed by atoms with Crippen molar-refractivity contribution >= 4 is 11.0 Å². The first-order valence-corrected chi connectivity index (χ1v) is 31.9. The lowest BCUT2D eigenvalue weighted by Crippen LogP contribution is -2.22. The number of hydrogen-bond donors (Lipinski definition) is 0. The summed E-state index contributed by atoms with van der Waals surface area (Å²) in [6.45, 7) is 54.5. The molecule has 0 N–H and O–H groups in total. The van der Waals surface area contributed by atoms with Crippen molar-refractivity contribution in [1.29, 1.82) is 0 Å². The average Bonchev–Trinajstić information content (AvgIpc) is 0.886. The molecule has 0 aliphatic carbocycles. The molecular weight excluding hydrogens is 1080 g/mol. The van der Waals surface area contributed by atoms with E-state index in [1.807, 2.05) is 48.5 Å². The number of fused-ring (bicyclic) bond motifs is 1. The molecule has 0 saturated heterocycles. The summed E-state index contributed by atoms with van der Waals surface area (Å²) in [6.07, 6.45) is 0. The molecule has 0 aliphatic rings. The largest absolute Gasteiger partial charge is 0.220 e. The van der Waals surface area contributed by atoms with Gasteiger partial charge in [0.2, 0.25) is 0 Å². The summed E-state index contributed by atoms with van der Waals surface area (Å²) < 4.78 is 0. The van der Waals surface area contributed by atoms with Gasteiger partial charge in [0.25, 0.3) is 0 Å². The van der Waals surface area contributed by atoms with Gasteiger partial charge in [0.05, 0.1) is 0 Å². The lowest BCUT2D eigenvalue weighted by molar-refractivity contribution is 0.530. The van der Waals surface area contributed by atoms with Crippen molar-refractivity contribution in [2.24, 2.45) is 0 Å². The van der Waals surface area contributed by atoms with Gasteiger partial charge in [-0.2, -0.15) is 0 Å². The van der Waals surface area contributed by atoms with Crippen LogP contribution >= 0.6 is 0 Å². The zero-order valence-corrected chi connectivity index (χ0v) is 58.6. The minimum absolute atomic E-state index is 0.00423. The van der Waals surface area contributed by atoms with Crippen molar-refractivity contribution in [3.05, 3.63) is 245 Å². The zero-order chi connectivity index (χ0) is 66.2. The quantitative estimate of drug-likeness (QED) is 0.141. The number of rotatable bonds is 0. The molecule has 0 amide bonds. The SMILES string of the molecule is CC(C)(C)c1ccc(C#Cc2cc(C#Cc3ccc(C(C)(C)C)c(C(C)(C)C)c3)cc(C#Cc3ccc4ccc(C#Cc5cc(C#Cc6ccc(C(C)(C)C)c(C(C)(C)C)c6)cc(C#Cc6ccc(C(C)(C)C)c(C(C)(C)C)c6)c5)nc4n3)c2)cc1C(C)(C)C. The Morgan fingerprint density at radius 3 is 0.578 bits per heavy atom. The molecule has 6 aromatic carbocycles. The Morgan fingerprint density at radius 1 is 0.189 bits per heavy atom. The third-order valence-corrected chi connectivity index (χ3v) is 16.0. The molecule has 0 bridgehead atoms. The van der Waals surface area contributed by atoms with Crippen LogP contribution in [0.2, 0.25) is 0 Å². The van der Waals surface area contributed by atoms with Crippen molar-refractivity contribution in [1.82, 2.24) is 9.97 Å². The Balaban J connectivity index is 1.17. The second-order valence-electron chi connectivity index (χ2n) is 32.6. The van der Waals surface area contributed by atoms with Gasteiger partial charge in [0.15, 0.2) is 5.65 Å². The van der Waals surface area contributed by atoms with Crippen LogP contribution in [0.15, 0.2) is 133 Å². The Morgan fingerprint density at radius 2 is 0.378 bits per heavy atom. The van der Waals surface area contributed by atoms with E-state index in [0.29, 0.717) is 17.0 Å². The number of benzene rings is 6. The molecule has 8 aromatic rings. The second-order valence-corrected chi connectivity index (χ2v) is 32.6. The van der Waals surface area contributed by atoms with Crippen molar-refractivity contribution in [3.63, 3.8) is 0 Å². The molecular formula is C88H94N2. The van der Waals surface area contributed by atoms with Crippen LogP contribution in [0, 0.1) is 71.0 Å². The summed E-state index contributed by atoms with van der Waals surface area (Å²) in [5.41, 5.74) is 20.9. The molecule has 0 unspecified atom stereocenters. The topological polar surface area (TPSA) is 25.8 Å². The fourth-order valence-corrected chi connectivity index (χ4v) is 11.3. The lowest BCUT2D eigenvalue weighted by Gasteiger charge is -2.30. The predicted molar refractivity (Wildman–Crippen MR) is 384 cm³/mol. The third kappa shape index (κ3) is 17.3. The van der Waals surface area contributed by atoms with Crippen LogP contribution in [0.4, 0.5) is 0 Å². The van der Waals surface area contributed by atoms with E-state index >= 15 is 0 Å². The molecule has 8 rings (SSSR count). The van der Waals surface area contributed by atoms with Crippen molar-refractivity contribution in [2.75, 3.05) is 0 Å². The second kappa shape index (κ2) is 25.3. The molecule has 2 heterocycles. The molecule has 2 nitrogen and oxygen atoms in total. The Labute approximate surface area is 543 Å². The maximum Gasteiger partial charge on any atom is 0.161 e. The number of nitrogens with zero attached hydrogens (tertiary/aromatic N) is 2. The van der Waals surface area contributed by atoms with Crippen molar-refractivity contribution < 1.29 is 0 Å². The summed E-state index contributed by atoms with van der Waals surface area (Å²) in [6, 6.07) is 46.8. The van der Waals surface area contributed by atoms with Crippen LogP contribution < -0.4 is 0 Å². The van der Waals surface area contributed by atoms with Gasteiger partial charge in [-0.1, -0.05) is 250 Å². The van der Waals surface area contributed by atoms with Crippen molar-refractivity contribution in [2.45, 2.75) is 209 Å². The molecule has 0 saturated carbocycles. The van der Waals surface area contributed by atoms with Gasteiger partial charge in [-0.15, -0.1) is 0 Å². The fraction of sp³-hybridized carbons (Fsp3) is 0.364. The summed E-state index contributed by atoms with van der Waals surface area (Å²) in [5, 5.41) is 0.890. The van der Waals surface area contributed by atoms with Crippen molar-refractivity contribution in [3.8, 4) is 71.0 Å². The first kappa shape index (κ1) is 67.2. The van der Waals surface area contributed by atoms with E-state index in [0.717, 1.165) is 61.0 Å². The van der Waals surface area contributed by atoms with E-state index in [2.05, 4.69) is 322 Å². The molecule has 0 aliphatic heterocycles. The van der Waals surface area contributed by atoms with Gasteiger partial charge >= 0.3 is 0 Å². The highest BCUT2D eigenvalue weighted by Crippen LogP contribution is 2.38. The summed E-state index contributed by atoms with van der Waals surface area (Å²) in [4.78, 5) is 9.95. The van der Waals surface area contributed by atoms with Crippen LogP contribution in [-0.2, 0) is 43.3 Å². The zero-order valence-electron chi connectivity index (χ0n) is 58.6. The van der Waals surface area contributed by atoms with Crippen LogP contribution in [0.25, 0.3) is 11.0 Å². The van der Waals surface area contributed by atoms with Gasteiger partial charge in [0.1, 0.15) is 11.4 Å². The molecule has 0 fully saturated rings. The molecule has 456 valence electrons. The standard InChI is InChI=1S/C88H94N2/c1-81(2,3)72-45-35-59(55-76(72)85(13,14)15)25-29-63-49-64(30-26-60-36-46-73(82(4,5)6)77(56-60)86(16,17)18)52-67(51-63)33-41-70-43-39-69-40-44-71(90-80(69)89-70)42-34-68-53-65(31-27-61-37-47-74(83(7,8)9)78(57-61)87(19,20)21)50-66(54-68)32-28-62-38-48-75(84(10,11)12)79(58-62)88(22,23)24/h35-40,43-58H,1-24H3. The van der Waals surface area contributed by atoms with Gasteiger partial charge in [-0.25, -0.2) is 9.97 Å². The molecule has 0 radical (unpaired) electrons. The highest BCUT2D eigenvalue weighted by Gasteiger charge is 2.29. The number of pyridine rings is 2. The number of hydrogen-bond acceptors (Lipinski definition) is 2. The monoisotopic (exact) mass is 1180 g/mol.